The molecule has 1 aromatic rings. The Morgan fingerprint density at radius 1 is 0.932 bits per heavy atom. The summed E-state index contributed by atoms with van der Waals surface area (Å²) in [6.07, 6.45) is 20.4. The largest absolute Gasteiger partial charge is 0.300 e. The lowest BCUT2D eigenvalue weighted by Gasteiger charge is -2.34. The molecule has 0 radical (unpaired) electrons. The van der Waals surface area contributed by atoms with Crippen molar-refractivity contribution < 1.29 is 14.4 Å². The highest BCUT2D eigenvalue weighted by Crippen LogP contribution is 2.44. The molecule has 3 aliphatic rings. The number of allylic oxidation sites excluding steroid dienone is 4. The summed E-state index contributed by atoms with van der Waals surface area (Å²) in [6.45, 7) is 14.8. The van der Waals surface area contributed by atoms with Crippen molar-refractivity contribution in [3.63, 3.8) is 0 Å². The van der Waals surface area contributed by atoms with Crippen LogP contribution in [0.3, 0.4) is 0 Å². The van der Waals surface area contributed by atoms with Gasteiger partial charge in [-0.15, -0.1) is 0 Å². The first-order valence-electron chi connectivity index (χ1n) is 18.2. The SMILES string of the molecule is CCCC1CCC(CC2=CC=C(c3cc(C(C)C)c4c(c3C)C(=O)CC(CC(CCC)C(CC)C(=O)CC(C)=O)C4)C2)CC1. The Morgan fingerprint density at radius 3 is 2.25 bits per heavy atom. The molecule has 242 valence electrons. The summed E-state index contributed by atoms with van der Waals surface area (Å²) in [7, 11) is 0. The minimum absolute atomic E-state index is 0.0388. The van der Waals surface area contributed by atoms with Crippen LogP contribution in [0.25, 0.3) is 5.57 Å². The third kappa shape index (κ3) is 8.29. The van der Waals surface area contributed by atoms with Crippen molar-refractivity contribution in [1.29, 1.82) is 0 Å². The maximum absolute atomic E-state index is 14.0. The quantitative estimate of drug-likeness (QED) is 0.188. The van der Waals surface area contributed by atoms with Gasteiger partial charge in [-0.25, -0.2) is 0 Å². The molecule has 3 aliphatic carbocycles. The van der Waals surface area contributed by atoms with Crippen LogP contribution in [0.4, 0.5) is 0 Å². The van der Waals surface area contributed by atoms with Crippen molar-refractivity contribution >= 4 is 22.9 Å². The van der Waals surface area contributed by atoms with Gasteiger partial charge in [0.1, 0.15) is 11.6 Å². The number of rotatable bonds is 15. The number of carbonyl (C=O) groups is 3. The zero-order valence-corrected chi connectivity index (χ0v) is 29.0. The first-order valence-corrected chi connectivity index (χ1v) is 18.2. The highest BCUT2D eigenvalue weighted by atomic mass is 16.1. The molecule has 0 saturated heterocycles. The van der Waals surface area contributed by atoms with Crippen LogP contribution < -0.4 is 0 Å². The molecule has 3 nitrogen and oxygen atoms in total. The second kappa shape index (κ2) is 15.8. The average molecular weight is 601 g/mol. The fourth-order valence-electron chi connectivity index (χ4n) is 9.09. The van der Waals surface area contributed by atoms with Gasteiger partial charge in [-0.3, -0.25) is 14.4 Å². The average Bonchev–Trinajstić information content (AvgIpc) is 3.42. The normalized spacial score (nSPS) is 23.3. The Labute approximate surface area is 268 Å². The van der Waals surface area contributed by atoms with E-state index in [-0.39, 0.29) is 41.5 Å². The molecule has 0 aromatic heterocycles. The van der Waals surface area contributed by atoms with Crippen LogP contribution in [0.5, 0.6) is 0 Å². The van der Waals surface area contributed by atoms with Crippen molar-refractivity contribution in [2.24, 2.45) is 29.6 Å². The highest BCUT2D eigenvalue weighted by Gasteiger charge is 2.35. The van der Waals surface area contributed by atoms with Gasteiger partial charge in [-0.05, 0) is 116 Å². The van der Waals surface area contributed by atoms with Crippen LogP contribution >= 0.6 is 0 Å². The lowest BCUT2D eigenvalue weighted by Crippen LogP contribution is -2.30. The second-order valence-electron chi connectivity index (χ2n) is 15.1. The van der Waals surface area contributed by atoms with Crippen LogP contribution in [-0.4, -0.2) is 17.3 Å². The molecule has 1 aromatic carbocycles. The third-order valence-electron chi connectivity index (χ3n) is 11.2. The van der Waals surface area contributed by atoms with Gasteiger partial charge < -0.3 is 0 Å². The molecule has 1 saturated carbocycles. The summed E-state index contributed by atoms with van der Waals surface area (Å²) in [5.74, 6) is 2.84. The Bertz CT molecular complexity index is 1250. The molecule has 0 heterocycles. The first kappa shape index (κ1) is 34.6. The zero-order valence-electron chi connectivity index (χ0n) is 29.0. The highest BCUT2D eigenvalue weighted by molar-refractivity contribution is 6.02. The van der Waals surface area contributed by atoms with Crippen molar-refractivity contribution in [2.45, 2.75) is 151 Å². The number of hydrogen-bond acceptors (Lipinski definition) is 3. The Hall–Kier alpha value is -2.29. The van der Waals surface area contributed by atoms with E-state index in [9.17, 15) is 14.4 Å². The second-order valence-corrected chi connectivity index (χ2v) is 15.1. The van der Waals surface area contributed by atoms with Crippen LogP contribution in [0.1, 0.15) is 170 Å². The van der Waals surface area contributed by atoms with Gasteiger partial charge in [-0.1, -0.05) is 96.9 Å². The number of ketones is 3. The summed E-state index contributed by atoms with van der Waals surface area (Å²) in [6, 6.07) is 2.42. The Kier molecular flexibility index (Phi) is 12.4. The van der Waals surface area contributed by atoms with Crippen LogP contribution in [-0.2, 0) is 16.0 Å². The summed E-state index contributed by atoms with van der Waals surface area (Å²) in [5.41, 5.74) is 8.97. The molecule has 0 aliphatic heterocycles. The molecule has 3 unspecified atom stereocenters. The molecule has 0 bridgehead atoms. The fraction of sp³-hybridized carbons (Fsp3) is 0.683. The molecule has 0 spiro atoms. The smallest absolute Gasteiger partial charge is 0.163 e. The van der Waals surface area contributed by atoms with Gasteiger partial charge >= 0.3 is 0 Å². The van der Waals surface area contributed by atoms with E-state index in [1.54, 1.807) is 5.57 Å². The summed E-state index contributed by atoms with van der Waals surface area (Å²) in [5, 5.41) is 0. The van der Waals surface area contributed by atoms with Crippen LogP contribution in [0.2, 0.25) is 0 Å². The van der Waals surface area contributed by atoms with Crippen molar-refractivity contribution in [2.75, 3.05) is 0 Å². The van der Waals surface area contributed by atoms with E-state index in [4.69, 9.17) is 0 Å². The standard InChI is InChI=1S/C41H60O3/c1-8-11-29-13-15-30(16-14-29)20-31-17-18-34(21-31)37-25-36(26(4)5)38-23-32(24-40(44)41(38)28(37)7)22-33(12-9-2)35(10-3)39(43)19-27(6)42/h17-18,25-26,29-30,32-33,35H,8-16,19-24H2,1-7H3. The molecule has 1 fully saturated rings. The number of hydrogen-bond donors (Lipinski definition) is 0. The maximum Gasteiger partial charge on any atom is 0.163 e. The van der Waals surface area contributed by atoms with Crippen molar-refractivity contribution in [3.8, 4) is 0 Å². The van der Waals surface area contributed by atoms with E-state index in [2.05, 4.69) is 59.8 Å². The minimum Gasteiger partial charge on any atom is -0.300 e. The monoisotopic (exact) mass is 600 g/mol. The topological polar surface area (TPSA) is 51.2 Å². The predicted octanol–water partition coefficient (Wildman–Crippen LogP) is 11.0. The van der Waals surface area contributed by atoms with E-state index in [1.807, 2.05) is 0 Å². The van der Waals surface area contributed by atoms with Gasteiger partial charge in [0.2, 0.25) is 0 Å². The lowest BCUT2D eigenvalue weighted by molar-refractivity contribution is -0.129. The minimum atomic E-state index is -0.0913. The molecule has 4 rings (SSSR count). The van der Waals surface area contributed by atoms with Gasteiger partial charge in [0, 0.05) is 17.9 Å². The van der Waals surface area contributed by atoms with Gasteiger partial charge in [0.15, 0.2) is 5.78 Å². The van der Waals surface area contributed by atoms with Gasteiger partial charge in [-0.2, -0.15) is 0 Å². The molecule has 3 heteroatoms. The molecular weight excluding hydrogens is 540 g/mol. The van der Waals surface area contributed by atoms with E-state index >= 15 is 0 Å². The van der Waals surface area contributed by atoms with E-state index in [0.29, 0.717) is 12.3 Å². The molecule has 44 heavy (non-hydrogen) atoms. The third-order valence-corrected chi connectivity index (χ3v) is 11.2. The molecule has 3 atom stereocenters. The van der Waals surface area contributed by atoms with E-state index in [0.717, 1.165) is 55.9 Å². The first-order chi connectivity index (χ1) is 21.1. The molecular formula is C41H60O3. The number of carbonyl (C=O) groups excluding carboxylic acids is 3. The summed E-state index contributed by atoms with van der Waals surface area (Å²) < 4.78 is 0. The van der Waals surface area contributed by atoms with Crippen molar-refractivity contribution in [1.82, 2.24) is 0 Å². The number of fused-ring (bicyclic) bond motifs is 1. The van der Waals surface area contributed by atoms with Gasteiger partial charge in [0.05, 0.1) is 6.42 Å². The van der Waals surface area contributed by atoms with Gasteiger partial charge in [0.25, 0.3) is 0 Å². The lowest BCUT2D eigenvalue weighted by atomic mass is 9.70. The van der Waals surface area contributed by atoms with Crippen LogP contribution in [0, 0.1) is 36.5 Å². The van der Waals surface area contributed by atoms with Crippen molar-refractivity contribution in [3.05, 3.63) is 51.6 Å². The molecule has 0 N–H and O–H groups in total. The molecule has 0 amide bonds. The fourth-order valence-corrected chi connectivity index (χ4v) is 9.09. The van der Waals surface area contributed by atoms with E-state index < -0.39 is 0 Å². The van der Waals surface area contributed by atoms with Crippen LogP contribution in [0.15, 0.2) is 23.8 Å². The Balaban J connectivity index is 1.50. The predicted molar refractivity (Wildman–Crippen MR) is 184 cm³/mol. The summed E-state index contributed by atoms with van der Waals surface area (Å²) >= 11 is 0. The number of benzene rings is 1. The zero-order chi connectivity index (χ0) is 32.0. The van der Waals surface area contributed by atoms with E-state index in [1.165, 1.54) is 79.7 Å². The summed E-state index contributed by atoms with van der Waals surface area (Å²) in [4.78, 5) is 38.8. The maximum atomic E-state index is 14.0. The Morgan fingerprint density at radius 2 is 1.64 bits per heavy atom. The number of Topliss-reactive ketones (excluding diaryl/α,β-unsaturated/α-hetero) is 3.